The van der Waals surface area contributed by atoms with Gasteiger partial charge in [0.25, 0.3) is 0 Å². The molecular formula is C11H14F6NPS. The molecule has 0 amide bonds. The van der Waals surface area contributed by atoms with E-state index in [0.29, 0.717) is 0 Å². The number of benzene rings is 1. The molecule has 2 rings (SSSR count). The summed E-state index contributed by atoms with van der Waals surface area (Å²) in [7, 11) is -10.7. The predicted molar refractivity (Wildman–Crippen MR) is 70.5 cm³/mol. The predicted octanol–water partition coefficient (Wildman–Crippen LogP) is 6.37. The van der Waals surface area contributed by atoms with Gasteiger partial charge >= 0.3 is 33.0 Å². The molecule has 116 valence electrons. The SMILES string of the molecule is CCCC[n+]1csc2ccccc21.F[P-](F)(F)(F)(F)F. The summed E-state index contributed by atoms with van der Waals surface area (Å²) in [6.07, 6.45) is 2.53. The standard InChI is InChI=1S/C11H14NS.F6P/c1-2-3-8-12-9-13-11-7-5-4-6-10(11)12;1-7(2,3,4,5)6/h4-7,9H,2-3,8H2,1H3;/q+1;-1. The van der Waals surface area contributed by atoms with E-state index in [1.54, 1.807) is 0 Å². The summed E-state index contributed by atoms with van der Waals surface area (Å²) >= 11 is 1.83. The van der Waals surface area contributed by atoms with Crippen LogP contribution in [-0.2, 0) is 6.54 Å². The van der Waals surface area contributed by atoms with Gasteiger partial charge in [-0.2, -0.15) is 4.57 Å². The number of thiazole rings is 1. The van der Waals surface area contributed by atoms with Crippen LogP contribution in [0.3, 0.4) is 0 Å². The van der Waals surface area contributed by atoms with Crippen LogP contribution in [0, 0.1) is 0 Å². The van der Waals surface area contributed by atoms with Gasteiger partial charge in [0.2, 0.25) is 11.0 Å². The van der Waals surface area contributed by atoms with Crippen molar-refractivity contribution in [1.82, 2.24) is 0 Å². The summed E-state index contributed by atoms with van der Waals surface area (Å²) in [6.45, 7) is 3.38. The summed E-state index contributed by atoms with van der Waals surface area (Å²) < 4.78 is 62.9. The number of aromatic nitrogens is 1. The number of halogens is 6. The second kappa shape index (κ2) is 5.15. The van der Waals surface area contributed by atoms with E-state index < -0.39 is 7.81 Å². The van der Waals surface area contributed by atoms with E-state index in [9.17, 15) is 25.2 Å². The zero-order valence-corrected chi connectivity index (χ0v) is 12.3. The molecule has 1 aromatic carbocycles. The number of unbranched alkanes of at least 4 members (excludes halogenated alkanes) is 1. The third-order valence-corrected chi connectivity index (χ3v) is 3.19. The molecule has 0 atom stereocenters. The fraction of sp³-hybridized carbons (Fsp3) is 0.364. The molecule has 0 saturated carbocycles. The first-order valence-corrected chi connectivity index (χ1v) is 8.69. The molecule has 2 aromatic rings. The number of nitrogens with zero attached hydrogens (tertiary/aromatic N) is 1. The molecule has 0 radical (unpaired) electrons. The topological polar surface area (TPSA) is 3.88 Å². The number of rotatable bonds is 3. The molecule has 0 aliphatic heterocycles. The minimum absolute atomic E-state index is 1.15. The summed E-state index contributed by atoms with van der Waals surface area (Å²) in [5.41, 5.74) is 3.60. The zero-order valence-electron chi connectivity index (χ0n) is 10.6. The van der Waals surface area contributed by atoms with Crippen LogP contribution in [0.5, 0.6) is 0 Å². The summed E-state index contributed by atoms with van der Waals surface area (Å²) in [5.74, 6) is 0. The molecule has 0 bridgehead atoms. The molecule has 0 aliphatic rings. The zero-order chi connectivity index (χ0) is 15.5. The quantitative estimate of drug-likeness (QED) is 0.348. The molecular weight excluding hydrogens is 323 g/mol. The first kappa shape index (κ1) is 17.2. The van der Waals surface area contributed by atoms with E-state index in [4.69, 9.17) is 0 Å². The van der Waals surface area contributed by atoms with E-state index in [-0.39, 0.29) is 0 Å². The van der Waals surface area contributed by atoms with Gasteiger partial charge in [0.05, 0.1) is 0 Å². The van der Waals surface area contributed by atoms with Gasteiger partial charge in [-0.25, -0.2) is 0 Å². The van der Waals surface area contributed by atoms with Crippen molar-refractivity contribution < 1.29 is 29.7 Å². The van der Waals surface area contributed by atoms with Crippen molar-refractivity contribution in [3.8, 4) is 0 Å². The monoisotopic (exact) mass is 337 g/mol. The van der Waals surface area contributed by atoms with Crippen molar-refractivity contribution in [2.45, 2.75) is 26.3 Å². The second-order valence-corrected chi connectivity index (χ2v) is 7.00. The number of hydrogen-bond donors (Lipinski definition) is 0. The Morgan fingerprint density at radius 2 is 1.60 bits per heavy atom. The summed E-state index contributed by atoms with van der Waals surface area (Å²) in [4.78, 5) is 0. The second-order valence-electron chi connectivity index (χ2n) is 4.20. The Bertz CT molecular complexity index is 565. The van der Waals surface area contributed by atoms with Crippen LogP contribution in [0.2, 0.25) is 0 Å². The maximum atomic E-state index is 9.87. The van der Waals surface area contributed by atoms with E-state index in [1.165, 1.54) is 23.1 Å². The fourth-order valence-electron chi connectivity index (χ4n) is 1.47. The van der Waals surface area contributed by atoms with Crippen LogP contribution >= 0.6 is 19.1 Å². The Morgan fingerprint density at radius 3 is 2.15 bits per heavy atom. The average Bonchev–Trinajstić information content (AvgIpc) is 2.65. The molecule has 0 unspecified atom stereocenters. The van der Waals surface area contributed by atoms with Crippen molar-refractivity contribution in [1.29, 1.82) is 0 Å². The van der Waals surface area contributed by atoms with Gasteiger partial charge in [-0.1, -0.05) is 36.8 Å². The van der Waals surface area contributed by atoms with E-state index >= 15 is 0 Å². The number of para-hydroxylation sites is 1. The molecule has 0 aliphatic carbocycles. The summed E-state index contributed by atoms with van der Waals surface area (Å²) in [5, 5.41) is 0. The molecule has 20 heavy (non-hydrogen) atoms. The van der Waals surface area contributed by atoms with Gasteiger partial charge in [-0.3, -0.25) is 0 Å². The van der Waals surface area contributed by atoms with Gasteiger partial charge < -0.3 is 0 Å². The van der Waals surface area contributed by atoms with Gasteiger partial charge in [0, 0.05) is 12.5 Å². The van der Waals surface area contributed by atoms with E-state index in [0.717, 1.165) is 6.54 Å². The van der Waals surface area contributed by atoms with Crippen LogP contribution in [0.1, 0.15) is 19.8 Å². The van der Waals surface area contributed by atoms with Crippen LogP contribution < -0.4 is 4.57 Å². The van der Waals surface area contributed by atoms with Gasteiger partial charge in [0.15, 0.2) is 0 Å². The minimum atomic E-state index is -10.7. The van der Waals surface area contributed by atoms with Crippen molar-refractivity contribution in [3.05, 3.63) is 29.8 Å². The number of fused-ring (bicyclic) bond motifs is 1. The first-order chi connectivity index (χ1) is 8.86. The molecule has 1 heterocycles. The van der Waals surface area contributed by atoms with Crippen molar-refractivity contribution in [2.75, 3.05) is 0 Å². The molecule has 0 spiro atoms. The number of aryl methyl sites for hydroxylation is 1. The van der Waals surface area contributed by atoms with Crippen molar-refractivity contribution in [2.24, 2.45) is 0 Å². The average molecular weight is 337 g/mol. The maximum absolute atomic E-state index is 10.7. The Kier molecular flexibility index (Phi) is 4.42. The van der Waals surface area contributed by atoms with E-state index in [2.05, 4.69) is 41.3 Å². The summed E-state index contributed by atoms with van der Waals surface area (Å²) in [6, 6.07) is 8.59. The fourth-order valence-corrected chi connectivity index (χ4v) is 2.40. The van der Waals surface area contributed by atoms with Crippen molar-refractivity contribution >= 4 is 29.4 Å². The Hall–Kier alpha value is -0.880. The molecule has 1 nitrogen and oxygen atoms in total. The third-order valence-electron chi connectivity index (χ3n) is 2.23. The first-order valence-electron chi connectivity index (χ1n) is 5.79. The Morgan fingerprint density at radius 1 is 1.05 bits per heavy atom. The van der Waals surface area contributed by atoms with Crippen LogP contribution in [-0.4, -0.2) is 0 Å². The molecule has 0 N–H and O–H groups in total. The van der Waals surface area contributed by atoms with Gasteiger partial charge in [-0.15, -0.1) is 0 Å². The van der Waals surface area contributed by atoms with Crippen LogP contribution in [0.25, 0.3) is 10.2 Å². The molecule has 9 heteroatoms. The normalized spacial score (nSPS) is 15.2. The van der Waals surface area contributed by atoms with Crippen molar-refractivity contribution in [3.63, 3.8) is 0 Å². The Labute approximate surface area is 116 Å². The van der Waals surface area contributed by atoms with E-state index in [1.807, 2.05) is 11.3 Å². The molecule has 0 saturated heterocycles. The molecule has 0 fully saturated rings. The Balaban J connectivity index is 0.000000246. The van der Waals surface area contributed by atoms with Gasteiger partial charge in [0.1, 0.15) is 11.2 Å². The van der Waals surface area contributed by atoms with Crippen LogP contribution in [0.15, 0.2) is 29.8 Å². The number of hydrogen-bond acceptors (Lipinski definition) is 1. The van der Waals surface area contributed by atoms with Crippen LogP contribution in [0.4, 0.5) is 25.2 Å². The molecule has 1 aromatic heterocycles. The van der Waals surface area contributed by atoms with Gasteiger partial charge in [-0.05, 0) is 6.07 Å². The third kappa shape index (κ3) is 8.32.